The fourth-order valence-corrected chi connectivity index (χ4v) is 2.06. The first-order valence-corrected chi connectivity index (χ1v) is 6.78. The second kappa shape index (κ2) is 6.54. The summed E-state index contributed by atoms with van der Waals surface area (Å²) in [5, 5.41) is 0. The molecule has 5 heteroatoms. The number of methoxy groups -OCH3 is 1. The van der Waals surface area contributed by atoms with E-state index < -0.39 is 0 Å². The topological polar surface area (TPSA) is 44.5 Å². The van der Waals surface area contributed by atoms with E-state index >= 15 is 0 Å². The van der Waals surface area contributed by atoms with Crippen molar-refractivity contribution >= 4 is 17.2 Å². The Morgan fingerprint density at radius 3 is 2.67 bits per heavy atom. The summed E-state index contributed by atoms with van der Waals surface area (Å²) in [6, 6.07) is 10.4. The van der Waals surface area contributed by atoms with Gasteiger partial charge in [-0.15, -0.1) is 0 Å². The molecule has 0 aromatic heterocycles. The fourth-order valence-electron chi connectivity index (χ4n) is 1.93. The maximum absolute atomic E-state index is 13.9. The van der Waals surface area contributed by atoms with Gasteiger partial charge in [-0.3, -0.25) is 0 Å². The van der Waals surface area contributed by atoms with Gasteiger partial charge < -0.3 is 15.2 Å². The molecule has 0 unspecified atom stereocenters. The molecule has 2 N–H and O–H groups in total. The predicted octanol–water partition coefficient (Wildman–Crippen LogP) is 3.36. The normalized spacial score (nSPS) is 10.2. The molecule has 3 nitrogen and oxygen atoms in total. The summed E-state index contributed by atoms with van der Waals surface area (Å²) >= 11 is 4.95. The van der Waals surface area contributed by atoms with Crippen LogP contribution < -0.4 is 15.2 Å². The number of rotatable bonds is 5. The highest BCUT2D eigenvalue weighted by Crippen LogP contribution is 2.24. The Kier molecular flexibility index (Phi) is 4.75. The van der Waals surface area contributed by atoms with E-state index in [1.165, 1.54) is 0 Å². The summed E-state index contributed by atoms with van der Waals surface area (Å²) in [4.78, 5) is 0.292. The first-order valence-electron chi connectivity index (χ1n) is 6.37. The van der Waals surface area contributed by atoms with Gasteiger partial charge in [0.15, 0.2) is 11.6 Å². The molecule has 0 aliphatic rings. The number of hydrogen-bond acceptors (Lipinski definition) is 3. The van der Waals surface area contributed by atoms with Crippen LogP contribution in [-0.4, -0.2) is 12.1 Å². The SMILES string of the molecule is COc1ccc(C(N)=S)cc1COc1cccc(C)c1F. The summed E-state index contributed by atoms with van der Waals surface area (Å²) in [6.45, 7) is 1.86. The Hall–Kier alpha value is -2.14. The van der Waals surface area contributed by atoms with Crippen LogP contribution in [0.4, 0.5) is 4.39 Å². The van der Waals surface area contributed by atoms with Gasteiger partial charge in [0.25, 0.3) is 0 Å². The van der Waals surface area contributed by atoms with Crippen molar-refractivity contribution in [3.63, 3.8) is 0 Å². The van der Waals surface area contributed by atoms with Crippen LogP contribution in [-0.2, 0) is 6.61 Å². The Labute approximate surface area is 128 Å². The third kappa shape index (κ3) is 3.49. The quantitative estimate of drug-likeness (QED) is 0.860. The molecule has 2 rings (SSSR count). The molecule has 0 atom stereocenters. The Bertz CT molecular complexity index is 673. The van der Waals surface area contributed by atoms with Gasteiger partial charge in [-0.2, -0.15) is 0 Å². The minimum atomic E-state index is -0.359. The van der Waals surface area contributed by atoms with Gasteiger partial charge in [-0.05, 0) is 36.8 Å². The number of hydrogen-bond donors (Lipinski definition) is 1. The van der Waals surface area contributed by atoms with Crippen LogP contribution in [0.15, 0.2) is 36.4 Å². The number of halogens is 1. The van der Waals surface area contributed by atoms with Crippen LogP contribution in [0.3, 0.4) is 0 Å². The molecule has 0 bridgehead atoms. The van der Waals surface area contributed by atoms with Gasteiger partial charge in [-0.25, -0.2) is 4.39 Å². The lowest BCUT2D eigenvalue weighted by molar-refractivity contribution is 0.282. The smallest absolute Gasteiger partial charge is 0.167 e. The van der Waals surface area contributed by atoms with Crippen LogP contribution in [0.25, 0.3) is 0 Å². The zero-order valence-corrected chi connectivity index (χ0v) is 12.7. The fraction of sp³-hybridized carbons (Fsp3) is 0.188. The average molecular weight is 305 g/mol. The summed E-state index contributed by atoms with van der Waals surface area (Å²) in [5.41, 5.74) is 7.62. The van der Waals surface area contributed by atoms with Gasteiger partial charge in [0.2, 0.25) is 0 Å². The molecule has 0 spiro atoms. The first-order chi connectivity index (χ1) is 10.0. The Morgan fingerprint density at radius 2 is 2.00 bits per heavy atom. The highest BCUT2D eigenvalue weighted by Gasteiger charge is 2.10. The highest BCUT2D eigenvalue weighted by atomic mass is 32.1. The van der Waals surface area contributed by atoms with Crippen LogP contribution >= 0.6 is 12.2 Å². The zero-order valence-electron chi connectivity index (χ0n) is 11.9. The molecule has 21 heavy (non-hydrogen) atoms. The van der Waals surface area contributed by atoms with E-state index in [1.807, 2.05) is 0 Å². The minimum absolute atomic E-state index is 0.167. The monoisotopic (exact) mass is 305 g/mol. The van der Waals surface area contributed by atoms with E-state index in [9.17, 15) is 4.39 Å². The third-order valence-electron chi connectivity index (χ3n) is 3.10. The summed E-state index contributed by atoms with van der Waals surface area (Å²) in [7, 11) is 1.56. The van der Waals surface area contributed by atoms with Crippen molar-refractivity contribution in [1.29, 1.82) is 0 Å². The van der Waals surface area contributed by atoms with Gasteiger partial charge in [0.1, 0.15) is 17.3 Å². The maximum Gasteiger partial charge on any atom is 0.167 e. The Balaban J connectivity index is 2.24. The molecular formula is C16H16FNO2S. The van der Waals surface area contributed by atoms with E-state index in [4.69, 9.17) is 27.4 Å². The molecule has 0 heterocycles. The third-order valence-corrected chi connectivity index (χ3v) is 3.34. The van der Waals surface area contributed by atoms with Crippen molar-refractivity contribution < 1.29 is 13.9 Å². The van der Waals surface area contributed by atoms with Gasteiger partial charge in [0, 0.05) is 11.1 Å². The van der Waals surface area contributed by atoms with Crippen molar-refractivity contribution in [2.75, 3.05) is 7.11 Å². The molecule has 0 radical (unpaired) electrons. The van der Waals surface area contributed by atoms with E-state index in [0.29, 0.717) is 21.9 Å². The highest BCUT2D eigenvalue weighted by molar-refractivity contribution is 7.80. The van der Waals surface area contributed by atoms with Crippen LogP contribution in [0.5, 0.6) is 11.5 Å². The standard InChI is InChI=1S/C16H16FNO2S/c1-10-4-3-5-14(15(10)17)20-9-12-8-11(16(18)21)6-7-13(12)19-2/h3-8H,9H2,1-2H3,(H2,18,21). The van der Waals surface area contributed by atoms with Gasteiger partial charge >= 0.3 is 0 Å². The van der Waals surface area contributed by atoms with Crippen molar-refractivity contribution in [2.45, 2.75) is 13.5 Å². The molecule has 0 amide bonds. The molecule has 0 saturated heterocycles. The summed E-state index contributed by atoms with van der Waals surface area (Å²) in [6.07, 6.45) is 0. The molecular weight excluding hydrogens is 289 g/mol. The predicted molar refractivity (Wildman–Crippen MR) is 84.4 cm³/mol. The number of ether oxygens (including phenoxy) is 2. The number of benzene rings is 2. The van der Waals surface area contributed by atoms with Crippen LogP contribution in [0.1, 0.15) is 16.7 Å². The Morgan fingerprint density at radius 1 is 1.24 bits per heavy atom. The average Bonchev–Trinajstić information content (AvgIpc) is 2.48. The molecule has 0 aliphatic heterocycles. The van der Waals surface area contributed by atoms with Crippen molar-refractivity contribution in [2.24, 2.45) is 5.73 Å². The molecule has 2 aromatic carbocycles. The number of aryl methyl sites for hydroxylation is 1. The van der Waals surface area contributed by atoms with E-state index in [1.54, 1.807) is 50.4 Å². The molecule has 0 aliphatic carbocycles. The lowest BCUT2D eigenvalue weighted by Gasteiger charge is -2.12. The largest absolute Gasteiger partial charge is 0.496 e. The minimum Gasteiger partial charge on any atom is -0.496 e. The lowest BCUT2D eigenvalue weighted by Crippen LogP contribution is -2.10. The zero-order chi connectivity index (χ0) is 15.4. The summed E-state index contributed by atoms with van der Waals surface area (Å²) in [5.74, 6) is 0.489. The molecule has 2 aromatic rings. The van der Waals surface area contributed by atoms with Crippen LogP contribution in [0.2, 0.25) is 0 Å². The number of nitrogens with two attached hydrogens (primary N) is 1. The van der Waals surface area contributed by atoms with Crippen LogP contribution in [0, 0.1) is 12.7 Å². The lowest BCUT2D eigenvalue weighted by atomic mass is 10.1. The second-order valence-electron chi connectivity index (χ2n) is 4.57. The van der Waals surface area contributed by atoms with Gasteiger partial charge in [-0.1, -0.05) is 24.4 Å². The number of thiocarbonyl (C=S) groups is 1. The summed E-state index contributed by atoms with van der Waals surface area (Å²) < 4.78 is 24.7. The molecule has 110 valence electrons. The molecule has 0 saturated carbocycles. The molecule has 0 fully saturated rings. The first kappa shape index (κ1) is 15.3. The second-order valence-corrected chi connectivity index (χ2v) is 5.01. The maximum atomic E-state index is 13.9. The van der Waals surface area contributed by atoms with E-state index in [-0.39, 0.29) is 18.2 Å². The van der Waals surface area contributed by atoms with Gasteiger partial charge in [0.05, 0.1) is 7.11 Å². The van der Waals surface area contributed by atoms with Crippen molar-refractivity contribution in [3.8, 4) is 11.5 Å². The van der Waals surface area contributed by atoms with Crippen molar-refractivity contribution in [1.82, 2.24) is 0 Å². The van der Waals surface area contributed by atoms with E-state index in [0.717, 1.165) is 5.56 Å². The van der Waals surface area contributed by atoms with E-state index in [2.05, 4.69) is 0 Å². The van der Waals surface area contributed by atoms with Crippen molar-refractivity contribution in [3.05, 3.63) is 58.9 Å².